The molecule has 0 bridgehead atoms. The number of carbonyl (C=O) groups is 1. The van der Waals surface area contributed by atoms with E-state index in [1.807, 2.05) is 65.6 Å². The third-order valence-electron chi connectivity index (χ3n) is 6.48. The predicted molar refractivity (Wildman–Crippen MR) is 138 cm³/mol. The van der Waals surface area contributed by atoms with Crippen molar-refractivity contribution < 1.29 is 9.53 Å². The van der Waals surface area contributed by atoms with E-state index in [0.29, 0.717) is 24.4 Å². The van der Waals surface area contributed by atoms with E-state index in [-0.39, 0.29) is 11.3 Å². The monoisotopic (exact) mass is 469 g/mol. The third kappa shape index (κ3) is 4.46. The Hall–Kier alpha value is -3.87. The van der Waals surface area contributed by atoms with Crippen molar-refractivity contribution in [3.8, 4) is 17.0 Å². The highest BCUT2D eigenvalue weighted by molar-refractivity contribution is 5.94. The number of para-hydroxylation sites is 2. The highest BCUT2D eigenvalue weighted by Gasteiger charge is 2.27. The van der Waals surface area contributed by atoms with Crippen LogP contribution in [0.25, 0.3) is 16.9 Å². The summed E-state index contributed by atoms with van der Waals surface area (Å²) < 4.78 is 7.24. The van der Waals surface area contributed by atoms with E-state index in [9.17, 15) is 4.79 Å². The van der Waals surface area contributed by atoms with Gasteiger partial charge >= 0.3 is 0 Å². The van der Waals surface area contributed by atoms with Crippen molar-refractivity contribution in [3.05, 3.63) is 78.1 Å². The van der Waals surface area contributed by atoms with Gasteiger partial charge in [0.05, 0.1) is 24.2 Å². The number of benzene rings is 2. The Balaban J connectivity index is 1.47. The minimum atomic E-state index is -0.151. The number of hydrogen-bond acceptors (Lipinski definition) is 5. The highest BCUT2D eigenvalue weighted by atomic mass is 16.5. The largest absolute Gasteiger partial charge is 0.495 e. The number of nitrogens with zero attached hydrogens (tertiary/aromatic N) is 5. The minimum absolute atomic E-state index is 0.0298. The minimum Gasteiger partial charge on any atom is -0.495 e. The molecule has 1 aliphatic rings. The van der Waals surface area contributed by atoms with Gasteiger partial charge in [-0.15, -0.1) is 0 Å². The van der Waals surface area contributed by atoms with Crippen LogP contribution in [0.1, 0.15) is 37.0 Å². The smallest absolute Gasteiger partial charge is 0.272 e. The molecule has 5 rings (SSSR count). The summed E-state index contributed by atoms with van der Waals surface area (Å²) >= 11 is 0. The van der Waals surface area contributed by atoms with Gasteiger partial charge in [-0.25, -0.2) is 9.50 Å². The van der Waals surface area contributed by atoms with E-state index in [1.54, 1.807) is 11.6 Å². The lowest BCUT2D eigenvalue weighted by Gasteiger charge is -2.36. The van der Waals surface area contributed by atoms with Crippen molar-refractivity contribution >= 4 is 17.2 Å². The fourth-order valence-electron chi connectivity index (χ4n) is 4.45. The van der Waals surface area contributed by atoms with Gasteiger partial charge in [0, 0.05) is 43.2 Å². The zero-order chi connectivity index (χ0) is 24.6. The Labute approximate surface area is 206 Å². The number of anilines is 1. The molecule has 0 spiro atoms. The van der Waals surface area contributed by atoms with Crippen LogP contribution in [-0.4, -0.2) is 58.7 Å². The Kier molecular flexibility index (Phi) is 5.93. The van der Waals surface area contributed by atoms with Crippen LogP contribution in [0.5, 0.6) is 5.75 Å². The van der Waals surface area contributed by atoms with Gasteiger partial charge in [-0.2, -0.15) is 5.10 Å². The molecule has 35 heavy (non-hydrogen) atoms. The number of aromatic nitrogens is 3. The van der Waals surface area contributed by atoms with Crippen LogP contribution in [0.3, 0.4) is 0 Å². The molecule has 7 heteroatoms. The molecule has 0 radical (unpaired) electrons. The summed E-state index contributed by atoms with van der Waals surface area (Å²) in [6.45, 7) is 9.06. The van der Waals surface area contributed by atoms with Crippen molar-refractivity contribution in [3.63, 3.8) is 0 Å². The second-order valence-electron chi connectivity index (χ2n) is 9.89. The van der Waals surface area contributed by atoms with E-state index < -0.39 is 0 Å². The van der Waals surface area contributed by atoms with E-state index in [2.05, 4.69) is 31.7 Å². The zero-order valence-electron chi connectivity index (χ0n) is 20.7. The molecular weight excluding hydrogens is 438 g/mol. The molecule has 1 saturated heterocycles. The number of carbonyl (C=O) groups excluding carboxylic acids is 1. The van der Waals surface area contributed by atoms with Gasteiger partial charge in [-0.1, -0.05) is 63.2 Å². The standard InChI is InChI=1S/C28H31N5O2/c1-28(2,3)25-19-26-29-21(20-10-6-5-7-11-20)18-23(33(26)30-25)27(34)32-16-14-31(15-17-32)22-12-8-9-13-24(22)35-4/h5-13,18-19H,14-17H2,1-4H3. The first-order chi connectivity index (χ1) is 16.8. The Morgan fingerprint density at radius 3 is 2.29 bits per heavy atom. The molecule has 4 aromatic rings. The summed E-state index contributed by atoms with van der Waals surface area (Å²) in [4.78, 5) is 22.8. The van der Waals surface area contributed by atoms with Crippen molar-refractivity contribution in [2.75, 3.05) is 38.2 Å². The Bertz CT molecular complexity index is 1350. The quantitative estimate of drug-likeness (QED) is 0.435. The second-order valence-corrected chi connectivity index (χ2v) is 9.89. The van der Waals surface area contributed by atoms with Gasteiger partial charge in [0.15, 0.2) is 5.65 Å². The molecule has 2 aromatic carbocycles. The molecule has 1 aliphatic heterocycles. The number of methoxy groups -OCH3 is 1. The lowest BCUT2D eigenvalue weighted by molar-refractivity contribution is 0.0737. The molecule has 2 aromatic heterocycles. The van der Waals surface area contributed by atoms with Gasteiger partial charge < -0.3 is 14.5 Å². The zero-order valence-corrected chi connectivity index (χ0v) is 20.7. The second kappa shape index (κ2) is 9.06. The number of piperazine rings is 1. The van der Waals surface area contributed by atoms with E-state index >= 15 is 0 Å². The van der Waals surface area contributed by atoms with Crippen molar-refractivity contribution in [1.82, 2.24) is 19.5 Å². The first-order valence-corrected chi connectivity index (χ1v) is 12.0. The molecule has 1 amide bonds. The normalized spacial score (nSPS) is 14.4. The summed E-state index contributed by atoms with van der Waals surface area (Å²) in [5, 5.41) is 4.80. The third-order valence-corrected chi connectivity index (χ3v) is 6.48. The van der Waals surface area contributed by atoms with Gasteiger partial charge in [0.2, 0.25) is 0 Å². The molecule has 0 atom stereocenters. The van der Waals surface area contributed by atoms with Crippen molar-refractivity contribution in [1.29, 1.82) is 0 Å². The van der Waals surface area contributed by atoms with E-state index in [0.717, 1.165) is 41.5 Å². The molecule has 0 saturated carbocycles. The predicted octanol–water partition coefficient (Wildman–Crippen LogP) is 4.66. The molecule has 0 aliphatic carbocycles. The maximum atomic E-state index is 13.8. The number of ether oxygens (including phenoxy) is 1. The fourth-order valence-corrected chi connectivity index (χ4v) is 4.45. The van der Waals surface area contributed by atoms with Crippen molar-refractivity contribution in [2.24, 2.45) is 0 Å². The number of fused-ring (bicyclic) bond motifs is 1. The van der Waals surface area contributed by atoms with E-state index in [1.165, 1.54) is 0 Å². The average molecular weight is 470 g/mol. The molecular formula is C28H31N5O2. The maximum absolute atomic E-state index is 13.8. The van der Waals surface area contributed by atoms with Gasteiger partial charge in [-0.3, -0.25) is 4.79 Å². The summed E-state index contributed by atoms with van der Waals surface area (Å²) in [5.41, 5.74) is 4.79. The molecule has 0 N–H and O–H groups in total. The summed E-state index contributed by atoms with van der Waals surface area (Å²) in [6.07, 6.45) is 0. The van der Waals surface area contributed by atoms with Crippen LogP contribution in [0.4, 0.5) is 5.69 Å². The fraction of sp³-hybridized carbons (Fsp3) is 0.321. The Morgan fingerprint density at radius 2 is 1.60 bits per heavy atom. The molecule has 3 heterocycles. The van der Waals surface area contributed by atoms with Gasteiger partial charge in [0.25, 0.3) is 5.91 Å². The van der Waals surface area contributed by atoms with Crippen LogP contribution in [0, 0.1) is 0 Å². The molecule has 7 nitrogen and oxygen atoms in total. The lowest BCUT2D eigenvalue weighted by atomic mass is 9.93. The number of rotatable bonds is 4. The lowest BCUT2D eigenvalue weighted by Crippen LogP contribution is -2.49. The highest BCUT2D eigenvalue weighted by Crippen LogP contribution is 2.29. The van der Waals surface area contributed by atoms with Gasteiger partial charge in [0.1, 0.15) is 11.4 Å². The van der Waals surface area contributed by atoms with Crippen LogP contribution >= 0.6 is 0 Å². The average Bonchev–Trinajstić information content (AvgIpc) is 3.33. The van der Waals surface area contributed by atoms with Crippen LogP contribution in [-0.2, 0) is 5.41 Å². The molecule has 1 fully saturated rings. The van der Waals surface area contributed by atoms with Crippen LogP contribution in [0.2, 0.25) is 0 Å². The molecule has 180 valence electrons. The molecule has 0 unspecified atom stereocenters. The Morgan fingerprint density at radius 1 is 0.914 bits per heavy atom. The van der Waals surface area contributed by atoms with Gasteiger partial charge in [-0.05, 0) is 18.2 Å². The maximum Gasteiger partial charge on any atom is 0.272 e. The summed E-state index contributed by atoms with van der Waals surface area (Å²) in [5.74, 6) is 0.819. The first kappa shape index (κ1) is 22.9. The van der Waals surface area contributed by atoms with Crippen LogP contribution < -0.4 is 9.64 Å². The summed E-state index contributed by atoms with van der Waals surface area (Å²) in [7, 11) is 1.69. The van der Waals surface area contributed by atoms with Crippen molar-refractivity contribution in [2.45, 2.75) is 26.2 Å². The van der Waals surface area contributed by atoms with Crippen LogP contribution in [0.15, 0.2) is 66.7 Å². The summed E-state index contributed by atoms with van der Waals surface area (Å²) in [6, 6.07) is 21.8. The number of hydrogen-bond donors (Lipinski definition) is 0. The SMILES string of the molecule is COc1ccccc1N1CCN(C(=O)c2cc(-c3ccccc3)nc3cc(C(C)(C)C)nn23)CC1. The first-order valence-electron chi connectivity index (χ1n) is 12.0. The number of amides is 1. The van der Waals surface area contributed by atoms with E-state index in [4.69, 9.17) is 14.8 Å². The topological polar surface area (TPSA) is 63.0 Å².